The van der Waals surface area contributed by atoms with Crippen molar-refractivity contribution in [3.8, 4) is 0 Å². The Morgan fingerprint density at radius 2 is 1.74 bits per heavy atom. The highest BCUT2D eigenvalue weighted by Crippen LogP contribution is 2.38. The molecule has 0 heterocycles. The van der Waals surface area contributed by atoms with Crippen LogP contribution in [-0.4, -0.2) is 29.2 Å². The second-order valence-corrected chi connectivity index (χ2v) is 6.09. The molecule has 0 aromatic heterocycles. The highest BCUT2D eigenvalue weighted by Gasteiger charge is 2.42. The second-order valence-electron chi connectivity index (χ2n) is 6.09. The van der Waals surface area contributed by atoms with Gasteiger partial charge in [-0.05, 0) is 38.5 Å². The number of carbonyl (C=O) groups is 2. The van der Waals surface area contributed by atoms with E-state index in [2.05, 4.69) is 17.6 Å². The van der Waals surface area contributed by atoms with Crippen molar-refractivity contribution in [3.05, 3.63) is 0 Å². The van der Waals surface area contributed by atoms with E-state index >= 15 is 0 Å². The van der Waals surface area contributed by atoms with Crippen molar-refractivity contribution < 1.29 is 14.7 Å². The lowest BCUT2D eigenvalue weighted by Gasteiger charge is -2.42. The zero-order valence-electron chi connectivity index (χ0n) is 11.6. The summed E-state index contributed by atoms with van der Waals surface area (Å²) in [7, 11) is 0. The first kappa shape index (κ1) is 14.2. The van der Waals surface area contributed by atoms with Crippen molar-refractivity contribution in [1.82, 2.24) is 10.6 Å². The van der Waals surface area contributed by atoms with Crippen LogP contribution in [0, 0.1) is 5.41 Å². The summed E-state index contributed by atoms with van der Waals surface area (Å²) in [6, 6.07) is -0.214. The zero-order chi connectivity index (χ0) is 13.9. The molecule has 19 heavy (non-hydrogen) atoms. The molecule has 2 aliphatic rings. The molecule has 0 radical (unpaired) electrons. The number of carboxylic acids is 1. The van der Waals surface area contributed by atoms with Gasteiger partial charge in [0, 0.05) is 12.1 Å². The van der Waals surface area contributed by atoms with E-state index in [1.54, 1.807) is 0 Å². The van der Waals surface area contributed by atoms with E-state index in [0.717, 1.165) is 38.5 Å². The molecule has 5 heteroatoms. The van der Waals surface area contributed by atoms with Gasteiger partial charge >= 0.3 is 12.0 Å². The Labute approximate surface area is 114 Å². The number of urea groups is 1. The monoisotopic (exact) mass is 268 g/mol. The first-order valence-electron chi connectivity index (χ1n) is 7.31. The van der Waals surface area contributed by atoms with Gasteiger partial charge < -0.3 is 15.7 Å². The van der Waals surface area contributed by atoms with Gasteiger partial charge in [-0.2, -0.15) is 0 Å². The zero-order valence-corrected chi connectivity index (χ0v) is 11.6. The smallest absolute Gasteiger partial charge is 0.315 e. The Kier molecular flexibility index (Phi) is 4.02. The quantitative estimate of drug-likeness (QED) is 0.715. The number of rotatable bonds is 5. The summed E-state index contributed by atoms with van der Waals surface area (Å²) in [6.45, 7) is 2.32. The van der Waals surface area contributed by atoms with E-state index in [9.17, 15) is 14.7 Å². The van der Waals surface area contributed by atoms with Gasteiger partial charge in [-0.25, -0.2) is 4.79 Å². The number of amides is 2. The lowest BCUT2D eigenvalue weighted by atomic mass is 9.75. The average Bonchev–Trinajstić information content (AvgIpc) is 2.81. The second kappa shape index (κ2) is 5.39. The third-order valence-corrected chi connectivity index (χ3v) is 4.97. The number of hydrogen-bond donors (Lipinski definition) is 3. The van der Waals surface area contributed by atoms with Crippen LogP contribution in [0.2, 0.25) is 0 Å². The van der Waals surface area contributed by atoms with Crippen molar-refractivity contribution in [3.63, 3.8) is 0 Å². The molecular weight excluding hydrogens is 244 g/mol. The minimum absolute atomic E-state index is 0.0455. The van der Waals surface area contributed by atoms with Gasteiger partial charge in [-0.1, -0.05) is 19.8 Å². The van der Waals surface area contributed by atoms with E-state index in [0.29, 0.717) is 12.8 Å². The Balaban J connectivity index is 1.84. The van der Waals surface area contributed by atoms with Gasteiger partial charge in [-0.15, -0.1) is 0 Å². The molecule has 2 rings (SSSR count). The molecule has 2 saturated carbocycles. The van der Waals surface area contributed by atoms with Crippen LogP contribution in [0.5, 0.6) is 0 Å². The maximum absolute atomic E-state index is 11.9. The maximum Gasteiger partial charge on any atom is 0.315 e. The third-order valence-electron chi connectivity index (χ3n) is 4.97. The number of aliphatic carboxylic acids is 1. The standard InChI is InChI=1S/C14H24N2O3/c1-2-14(8-5-9-14)16-12(19)15-10-13(11(17)18)6-3-4-7-13/h2-10H2,1H3,(H,17,18)(H2,15,16,19). The van der Waals surface area contributed by atoms with Crippen LogP contribution in [0.25, 0.3) is 0 Å². The summed E-state index contributed by atoms with van der Waals surface area (Å²) in [5, 5.41) is 15.1. The molecule has 0 aromatic carbocycles. The van der Waals surface area contributed by atoms with Crippen molar-refractivity contribution in [2.24, 2.45) is 5.41 Å². The van der Waals surface area contributed by atoms with Crippen LogP contribution >= 0.6 is 0 Å². The Morgan fingerprint density at radius 1 is 1.11 bits per heavy atom. The van der Waals surface area contributed by atoms with Crippen LogP contribution in [0.4, 0.5) is 4.79 Å². The summed E-state index contributed by atoms with van der Waals surface area (Å²) in [5.74, 6) is -0.779. The first-order valence-corrected chi connectivity index (χ1v) is 7.31. The molecule has 2 amide bonds. The van der Waals surface area contributed by atoms with Crippen LogP contribution in [0.3, 0.4) is 0 Å². The molecule has 0 aromatic rings. The minimum Gasteiger partial charge on any atom is -0.481 e. The van der Waals surface area contributed by atoms with Gasteiger partial charge in [0.05, 0.1) is 5.41 Å². The SMILES string of the molecule is CCC1(NC(=O)NCC2(C(=O)O)CCCC2)CCC1. The largest absolute Gasteiger partial charge is 0.481 e. The van der Waals surface area contributed by atoms with Gasteiger partial charge in [0.15, 0.2) is 0 Å². The molecule has 108 valence electrons. The van der Waals surface area contributed by atoms with Crippen molar-refractivity contribution in [2.45, 2.75) is 63.8 Å². The molecule has 2 aliphatic carbocycles. The summed E-state index contributed by atoms with van der Waals surface area (Å²) in [6.07, 6.45) is 7.37. The van der Waals surface area contributed by atoms with Crippen molar-refractivity contribution in [1.29, 1.82) is 0 Å². The van der Waals surface area contributed by atoms with Gasteiger partial charge in [-0.3, -0.25) is 4.79 Å². The highest BCUT2D eigenvalue weighted by atomic mass is 16.4. The Bertz CT molecular complexity index is 352. The average molecular weight is 268 g/mol. The van der Waals surface area contributed by atoms with Gasteiger partial charge in [0.25, 0.3) is 0 Å². The Hall–Kier alpha value is -1.26. The fourth-order valence-electron chi connectivity index (χ4n) is 3.22. The van der Waals surface area contributed by atoms with Gasteiger partial charge in [0.1, 0.15) is 0 Å². The fraction of sp³-hybridized carbons (Fsp3) is 0.857. The van der Waals surface area contributed by atoms with E-state index in [4.69, 9.17) is 0 Å². The van der Waals surface area contributed by atoms with Gasteiger partial charge in [0.2, 0.25) is 0 Å². The molecule has 0 unspecified atom stereocenters. The molecule has 0 aliphatic heterocycles. The van der Waals surface area contributed by atoms with Crippen LogP contribution in [0.1, 0.15) is 58.3 Å². The van der Waals surface area contributed by atoms with Crippen LogP contribution < -0.4 is 10.6 Å². The molecule has 0 atom stereocenters. The maximum atomic E-state index is 11.9. The lowest BCUT2D eigenvalue weighted by molar-refractivity contribution is -0.148. The number of carbonyl (C=O) groups excluding carboxylic acids is 1. The molecular formula is C14H24N2O3. The van der Waals surface area contributed by atoms with Crippen molar-refractivity contribution in [2.75, 3.05) is 6.54 Å². The van der Waals surface area contributed by atoms with Crippen LogP contribution in [0.15, 0.2) is 0 Å². The predicted octanol–water partition coefficient (Wildman–Crippen LogP) is 2.26. The molecule has 3 N–H and O–H groups in total. The molecule has 5 nitrogen and oxygen atoms in total. The molecule has 0 saturated heterocycles. The van der Waals surface area contributed by atoms with E-state index in [1.807, 2.05) is 0 Å². The summed E-state index contributed by atoms with van der Waals surface area (Å²) in [5.41, 5.74) is -0.785. The highest BCUT2D eigenvalue weighted by molar-refractivity contribution is 5.78. The van der Waals surface area contributed by atoms with E-state index in [1.165, 1.54) is 0 Å². The van der Waals surface area contributed by atoms with E-state index < -0.39 is 11.4 Å². The summed E-state index contributed by atoms with van der Waals surface area (Å²) in [4.78, 5) is 23.3. The minimum atomic E-state index is -0.779. The molecule has 0 spiro atoms. The molecule has 2 fully saturated rings. The third kappa shape index (κ3) is 2.85. The fourth-order valence-corrected chi connectivity index (χ4v) is 3.22. The number of hydrogen-bond acceptors (Lipinski definition) is 2. The predicted molar refractivity (Wildman–Crippen MR) is 71.9 cm³/mol. The molecule has 0 bridgehead atoms. The van der Waals surface area contributed by atoms with Crippen LogP contribution in [-0.2, 0) is 4.79 Å². The number of carboxylic acid groups (broad SMARTS) is 1. The first-order chi connectivity index (χ1) is 9.02. The Morgan fingerprint density at radius 3 is 2.16 bits per heavy atom. The summed E-state index contributed by atoms with van der Waals surface area (Å²) >= 11 is 0. The summed E-state index contributed by atoms with van der Waals surface area (Å²) < 4.78 is 0. The van der Waals surface area contributed by atoms with Crippen molar-refractivity contribution >= 4 is 12.0 Å². The van der Waals surface area contributed by atoms with E-state index in [-0.39, 0.29) is 18.1 Å². The normalized spacial score (nSPS) is 23.4. The topological polar surface area (TPSA) is 78.4 Å². The number of nitrogens with one attached hydrogen (secondary N) is 2. The lowest BCUT2D eigenvalue weighted by Crippen LogP contribution is -2.57.